The smallest absolute Gasteiger partial charge is 0.326 e. The van der Waals surface area contributed by atoms with Crippen molar-refractivity contribution in [2.45, 2.75) is 19.9 Å². The highest BCUT2D eigenvalue weighted by Crippen LogP contribution is 2.27. The molecule has 1 aromatic rings. The molecule has 0 saturated heterocycles. The normalized spacial score (nSPS) is 11.7. The molecule has 0 saturated carbocycles. The van der Waals surface area contributed by atoms with E-state index in [2.05, 4.69) is 5.32 Å². The van der Waals surface area contributed by atoms with E-state index >= 15 is 0 Å². The van der Waals surface area contributed by atoms with Crippen molar-refractivity contribution in [3.05, 3.63) is 33.9 Å². The summed E-state index contributed by atoms with van der Waals surface area (Å²) in [5.41, 5.74) is -0.0790. The first kappa shape index (κ1) is 14.4. The molecule has 0 fully saturated rings. The zero-order valence-electron chi connectivity index (χ0n) is 10.5. The first-order valence-electron chi connectivity index (χ1n) is 5.54. The first-order chi connectivity index (χ1) is 8.86. The predicted molar refractivity (Wildman–Crippen MR) is 67.7 cm³/mol. The number of benzene rings is 1. The first-order valence-corrected chi connectivity index (χ1v) is 5.54. The Labute approximate surface area is 109 Å². The summed E-state index contributed by atoms with van der Waals surface area (Å²) in [6.45, 7) is 3.39. The molecule has 0 spiro atoms. The van der Waals surface area contributed by atoms with Gasteiger partial charge in [-0.05, 0) is 18.1 Å². The molecular formula is C12H13N3O4. The lowest BCUT2D eigenvalue weighted by molar-refractivity contribution is -0.384. The van der Waals surface area contributed by atoms with E-state index in [9.17, 15) is 14.9 Å². The van der Waals surface area contributed by atoms with Crippen molar-refractivity contribution in [2.24, 2.45) is 5.92 Å². The van der Waals surface area contributed by atoms with Crippen LogP contribution in [0.4, 0.5) is 11.4 Å². The largest absolute Gasteiger partial charge is 0.480 e. The fraction of sp³-hybridized carbons (Fsp3) is 0.333. The fourth-order valence-corrected chi connectivity index (χ4v) is 1.56. The van der Waals surface area contributed by atoms with E-state index < -0.39 is 16.9 Å². The molecule has 7 heteroatoms. The van der Waals surface area contributed by atoms with Gasteiger partial charge in [0.2, 0.25) is 0 Å². The minimum Gasteiger partial charge on any atom is -0.480 e. The lowest BCUT2D eigenvalue weighted by Crippen LogP contribution is -2.34. The van der Waals surface area contributed by atoms with Gasteiger partial charge in [0.1, 0.15) is 11.7 Å². The lowest BCUT2D eigenvalue weighted by atomic mass is 10.0. The zero-order chi connectivity index (χ0) is 14.6. The molecule has 1 aromatic carbocycles. The summed E-state index contributed by atoms with van der Waals surface area (Å²) in [5.74, 6) is -1.33. The van der Waals surface area contributed by atoms with Crippen LogP contribution in [-0.4, -0.2) is 22.0 Å². The van der Waals surface area contributed by atoms with Gasteiger partial charge in [0, 0.05) is 6.07 Å². The van der Waals surface area contributed by atoms with Crippen molar-refractivity contribution in [3.63, 3.8) is 0 Å². The van der Waals surface area contributed by atoms with Gasteiger partial charge in [0.25, 0.3) is 5.69 Å². The van der Waals surface area contributed by atoms with Crippen LogP contribution in [0.25, 0.3) is 0 Å². The number of nitrogens with one attached hydrogen (secondary N) is 1. The minimum absolute atomic E-state index is 0.0881. The number of carboxylic acids is 1. The molecule has 0 aromatic heterocycles. The number of carbonyl (C=O) groups is 1. The standard InChI is InChI=1S/C12H13N3O4/c1-7(2)11(12(16)17)14-9-4-3-8(6-13)5-10(9)15(18)19/h3-5,7,11,14H,1-2H3,(H,16,17)/t11-/m0/s1. The number of nitrogens with zero attached hydrogens (tertiary/aromatic N) is 2. The second-order valence-corrected chi connectivity index (χ2v) is 4.31. The number of carboxylic acid groups (broad SMARTS) is 1. The summed E-state index contributed by atoms with van der Waals surface area (Å²) in [5, 5.41) is 31.3. The number of nitriles is 1. The average Bonchev–Trinajstić information content (AvgIpc) is 2.34. The molecule has 0 aliphatic rings. The molecule has 0 aliphatic carbocycles. The summed E-state index contributed by atoms with van der Waals surface area (Å²) in [7, 11) is 0. The van der Waals surface area contributed by atoms with Gasteiger partial charge in [-0.15, -0.1) is 0 Å². The number of hydrogen-bond acceptors (Lipinski definition) is 5. The summed E-state index contributed by atoms with van der Waals surface area (Å²) in [4.78, 5) is 21.3. The highest BCUT2D eigenvalue weighted by molar-refractivity contribution is 5.79. The van der Waals surface area contributed by atoms with Crippen molar-refractivity contribution < 1.29 is 14.8 Å². The van der Waals surface area contributed by atoms with Crippen LogP contribution in [-0.2, 0) is 4.79 Å². The molecule has 7 nitrogen and oxygen atoms in total. The molecular weight excluding hydrogens is 250 g/mol. The third-order valence-electron chi connectivity index (χ3n) is 2.57. The average molecular weight is 263 g/mol. The second kappa shape index (κ2) is 5.82. The third-order valence-corrected chi connectivity index (χ3v) is 2.57. The monoisotopic (exact) mass is 263 g/mol. The van der Waals surface area contributed by atoms with Gasteiger partial charge >= 0.3 is 5.97 Å². The van der Waals surface area contributed by atoms with Crippen LogP contribution >= 0.6 is 0 Å². The van der Waals surface area contributed by atoms with E-state index in [1.165, 1.54) is 12.1 Å². The number of nitro benzene ring substituents is 1. The van der Waals surface area contributed by atoms with Crippen LogP contribution in [0, 0.1) is 27.4 Å². The van der Waals surface area contributed by atoms with E-state index in [-0.39, 0.29) is 22.9 Å². The van der Waals surface area contributed by atoms with E-state index in [1.54, 1.807) is 19.9 Å². The van der Waals surface area contributed by atoms with E-state index in [1.807, 2.05) is 0 Å². The van der Waals surface area contributed by atoms with Gasteiger partial charge in [-0.25, -0.2) is 4.79 Å². The van der Waals surface area contributed by atoms with E-state index in [4.69, 9.17) is 10.4 Å². The predicted octanol–water partition coefficient (Wildman–Crippen LogP) is 1.99. The van der Waals surface area contributed by atoms with Crippen molar-refractivity contribution >= 4 is 17.3 Å². The Balaban J connectivity index is 3.17. The van der Waals surface area contributed by atoms with Crippen LogP contribution in [0.1, 0.15) is 19.4 Å². The van der Waals surface area contributed by atoms with Crippen LogP contribution < -0.4 is 5.32 Å². The Morgan fingerprint density at radius 2 is 2.16 bits per heavy atom. The molecule has 0 aliphatic heterocycles. The molecule has 0 bridgehead atoms. The molecule has 0 radical (unpaired) electrons. The summed E-state index contributed by atoms with van der Waals surface area (Å²) in [6, 6.07) is 4.71. The molecule has 100 valence electrons. The zero-order valence-corrected chi connectivity index (χ0v) is 10.5. The molecule has 19 heavy (non-hydrogen) atoms. The molecule has 1 rings (SSSR count). The third kappa shape index (κ3) is 3.42. The SMILES string of the molecule is CC(C)[C@H](Nc1ccc(C#N)cc1[N+](=O)[O-])C(=O)O. The van der Waals surface area contributed by atoms with Crippen molar-refractivity contribution in [1.82, 2.24) is 0 Å². The molecule has 1 atom stereocenters. The van der Waals surface area contributed by atoms with Gasteiger partial charge in [-0.3, -0.25) is 10.1 Å². The van der Waals surface area contributed by atoms with E-state index in [0.717, 1.165) is 6.07 Å². The maximum atomic E-state index is 11.1. The number of nitro groups is 1. The molecule has 0 unspecified atom stereocenters. The Morgan fingerprint density at radius 3 is 2.58 bits per heavy atom. The highest BCUT2D eigenvalue weighted by Gasteiger charge is 2.24. The van der Waals surface area contributed by atoms with Gasteiger partial charge in [-0.1, -0.05) is 13.8 Å². The minimum atomic E-state index is -1.09. The Bertz CT molecular complexity index is 548. The molecule has 0 heterocycles. The maximum absolute atomic E-state index is 11.1. The highest BCUT2D eigenvalue weighted by atomic mass is 16.6. The van der Waals surface area contributed by atoms with Gasteiger partial charge in [0.15, 0.2) is 0 Å². The number of aliphatic carboxylic acids is 1. The van der Waals surface area contributed by atoms with Gasteiger partial charge in [-0.2, -0.15) is 5.26 Å². The second-order valence-electron chi connectivity index (χ2n) is 4.31. The van der Waals surface area contributed by atoms with Gasteiger partial charge < -0.3 is 10.4 Å². The van der Waals surface area contributed by atoms with Crippen molar-refractivity contribution in [1.29, 1.82) is 5.26 Å². The Hall–Kier alpha value is -2.62. The van der Waals surface area contributed by atoms with Crippen molar-refractivity contribution in [2.75, 3.05) is 5.32 Å². The van der Waals surface area contributed by atoms with Crippen LogP contribution in [0.5, 0.6) is 0 Å². The number of rotatable bonds is 5. The maximum Gasteiger partial charge on any atom is 0.326 e. The summed E-state index contributed by atoms with van der Waals surface area (Å²) in [6.07, 6.45) is 0. The van der Waals surface area contributed by atoms with Crippen LogP contribution in [0.15, 0.2) is 18.2 Å². The van der Waals surface area contributed by atoms with Crippen LogP contribution in [0.3, 0.4) is 0 Å². The molecule has 0 amide bonds. The fourth-order valence-electron chi connectivity index (χ4n) is 1.56. The van der Waals surface area contributed by atoms with Gasteiger partial charge in [0.05, 0.1) is 16.6 Å². The van der Waals surface area contributed by atoms with E-state index in [0.29, 0.717) is 0 Å². The summed E-state index contributed by atoms with van der Waals surface area (Å²) >= 11 is 0. The number of hydrogen-bond donors (Lipinski definition) is 2. The Kier molecular flexibility index (Phi) is 4.42. The molecule has 2 N–H and O–H groups in total. The summed E-state index contributed by atoms with van der Waals surface area (Å²) < 4.78 is 0. The van der Waals surface area contributed by atoms with Crippen molar-refractivity contribution in [3.8, 4) is 6.07 Å². The Morgan fingerprint density at radius 1 is 1.53 bits per heavy atom. The lowest BCUT2D eigenvalue weighted by Gasteiger charge is -2.19. The van der Waals surface area contributed by atoms with Crippen LogP contribution in [0.2, 0.25) is 0 Å². The number of anilines is 1. The quantitative estimate of drug-likeness (QED) is 0.619. The topological polar surface area (TPSA) is 116 Å².